The number of hydrogen-bond donors (Lipinski definition) is 0. The van der Waals surface area contributed by atoms with Crippen molar-refractivity contribution < 1.29 is 14.3 Å². The van der Waals surface area contributed by atoms with Gasteiger partial charge in [0.15, 0.2) is 0 Å². The third kappa shape index (κ3) is 2.55. The van der Waals surface area contributed by atoms with Crippen LogP contribution in [0.2, 0.25) is 0 Å². The van der Waals surface area contributed by atoms with Crippen LogP contribution in [0.1, 0.15) is 39.0 Å². The van der Waals surface area contributed by atoms with Crippen molar-refractivity contribution in [1.82, 2.24) is 9.80 Å². The van der Waals surface area contributed by atoms with Crippen LogP contribution >= 0.6 is 0 Å². The van der Waals surface area contributed by atoms with E-state index < -0.39 is 0 Å². The summed E-state index contributed by atoms with van der Waals surface area (Å²) in [5.74, 6) is 0.293. The molecule has 0 spiro atoms. The lowest BCUT2D eigenvalue weighted by atomic mass is 9.81. The summed E-state index contributed by atoms with van der Waals surface area (Å²) in [5.41, 5.74) is 0.102. The highest BCUT2D eigenvalue weighted by Gasteiger charge is 2.42. The number of piperidine rings is 1. The lowest BCUT2D eigenvalue weighted by Gasteiger charge is -2.46. The summed E-state index contributed by atoms with van der Waals surface area (Å²) in [4.78, 5) is 28.5. The van der Waals surface area contributed by atoms with Gasteiger partial charge in [-0.3, -0.25) is 9.59 Å². The maximum atomic E-state index is 12.6. The summed E-state index contributed by atoms with van der Waals surface area (Å²) in [6, 6.07) is -0.187. The second kappa shape index (κ2) is 5.35. The summed E-state index contributed by atoms with van der Waals surface area (Å²) in [6.07, 6.45) is 4.86. The van der Waals surface area contributed by atoms with Gasteiger partial charge in [-0.15, -0.1) is 0 Å². The second-order valence-corrected chi connectivity index (χ2v) is 6.72. The molecule has 5 heteroatoms. The molecule has 0 saturated carbocycles. The van der Waals surface area contributed by atoms with E-state index in [9.17, 15) is 9.59 Å². The van der Waals surface area contributed by atoms with Gasteiger partial charge in [0.1, 0.15) is 6.04 Å². The highest BCUT2D eigenvalue weighted by molar-refractivity contribution is 5.95. The van der Waals surface area contributed by atoms with Crippen molar-refractivity contribution in [3.05, 3.63) is 0 Å². The molecule has 0 aromatic carbocycles. The summed E-state index contributed by atoms with van der Waals surface area (Å²) in [7, 11) is 0. The van der Waals surface area contributed by atoms with Crippen LogP contribution in [0.3, 0.4) is 0 Å². The monoisotopic (exact) mass is 280 g/mol. The zero-order chi connectivity index (χ0) is 14.2. The molecule has 0 radical (unpaired) electrons. The molecule has 1 unspecified atom stereocenters. The Bertz CT molecular complexity index is 404. The average molecular weight is 280 g/mol. The molecule has 0 aromatic rings. The van der Waals surface area contributed by atoms with Crippen LogP contribution < -0.4 is 0 Å². The molecule has 3 saturated heterocycles. The summed E-state index contributed by atoms with van der Waals surface area (Å²) >= 11 is 0. The number of hydrogen-bond acceptors (Lipinski definition) is 3. The summed E-state index contributed by atoms with van der Waals surface area (Å²) in [5, 5.41) is 0. The molecule has 112 valence electrons. The number of rotatable bonds is 2. The van der Waals surface area contributed by atoms with Gasteiger partial charge in [-0.05, 0) is 37.5 Å². The van der Waals surface area contributed by atoms with Gasteiger partial charge in [0.2, 0.25) is 11.8 Å². The first-order chi connectivity index (χ1) is 9.59. The Hall–Kier alpha value is -1.10. The van der Waals surface area contributed by atoms with Gasteiger partial charge in [-0.25, -0.2) is 0 Å². The highest BCUT2D eigenvalue weighted by Crippen LogP contribution is 2.32. The Morgan fingerprint density at radius 2 is 2.00 bits per heavy atom. The molecule has 3 aliphatic rings. The summed E-state index contributed by atoms with van der Waals surface area (Å²) in [6.45, 7) is 5.47. The SMILES string of the molecule is CC1(CN2CC(=O)N3CCCCC3C2=O)CCOCC1. The Kier molecular flexibility index (Phi) is 3.71. The molecule has 1 atom stereocenters. The minimum atomic E-state index is -0.187. The van der Waals surface area contributed by atoms with Crippen molar-refractivity contribution in [2.45, 2.75) is 45.1 Å². The smallest absolute Gasteiger partial charge is 0.245 e. The number of ether oxygens (including phenoxy) is 1. The minimum absolute atomic E-state index is 0.102. The van der Waals surface area contributed by atoms with Gasteiger partial charge >= 0.3 is 0 Å². The van der Waals surface area contributed by atoms with E-state index in [0.717, 1.165) is 51.9 Å². The van der Waals surface area contributed by atoms with E-state index in [1.165, 1.54) is 0 Å². The first-order valence-electron chi connectivity index (χ1n) is 7.75. The number of carbonyl (C=O) groups excluding carboxylic acids is 2. The number of carbonyl (C=O) groups is 2. The Balaban J connectivity index is 1.70. The lowest BCUT2D eigenvalue weighted by Crippen LogP contribution is -2.62. The zero-order valence-corrected chi connectivity index (χ0v) is 12.3. The van der Waals surface area contributed by atoms with Gasteiger partial charge in [0.05, 0.1) is 6.54 Å². The van der Waals surface area contributed by atoms with Gasteiger partial charge in [-0.1, -0.05) is 6.92 Å². The normalized spacial score (nSPS) is 30.4. The second-order valence-electron chi connectivity index (χ2n) is 6.72. The molecule has 0 bridgehead atoms. The minimum Gasteiger partial charge on any atom is -0.381 e. The molecular formula is C15H24N2O3. The van der Waals surface area contributed by atoms with Crippen molar-refractivity contribution in [3.63, 3.8) is 0 Å². The van der Waals surface area contributed by atoms with Crippen molar-refractivity contribution in [2.24, 2.45) is 5.41 Å². The maximum Gasteiger partial charge on any atom is 0.245 e. The molecule has 3 rings (SSSR count). The molecule has 5 nitrogen and oxygen atoms in total. The van der Waals surface area contributed by atoms with E-state index in [4.69, 9.17) is 4.74 Å². The first-order valence-corrected chi connectivity index (χ1v) is 7.75. The van der Waals surface area contributed by atoms with Crippen molar-refractivity contribution >= 4 is 11.8 Å². The van der Waals surface area contributed by atoms with E-state index in [1.54, 1.807) is 9.80 Å². The van der Waals surface area contributed by atoms with Crippen molar-refractivity contribution in [3.8, 4) is 0 Å². The van der Waals surface area contributed by atoms with Crippen LogP contribution in [0.5, 0.6) is 0 Å². The van der Waals surface area contributed by atoms with Crippen molar-refractivity contribution in [2.75, 3.05) is 32.8 Å². The van der Waals surface area contributed by atoms with E-state index in [2.05, 4.69) is 6.92 Å². The molecule has 0 aliphatic carbocycles. The largest absolute Gasteiger partial charge is 0.381 e. The van der Waals surface area contributed by atoms with E-state index in [1.807, 2.05) is 0 Å². The Morgan fingerprint density at radius 1 is 1.25 bits per heavy atom. The first kappa shape index (κ1) is 13.9. The predicted molar refractivity (Wildman–Crippen MR) is 74.1 cm³/mol. The van der Waals surface area contributed by atoms with Crippen LogP contribution in [0.25, 0.3) is 0 Å². The molecule has 0 N–H and O–H groups in total. The van der Waals surface area contributed by atoms with E-state index >= 15 is 0 Å². The number of amides is 2. The standard InChI is InChI=1S/C15H24N2O3/c1-15(5-8-20-9-6-15)11-16-10-13(18)17-7-3-2-4-12(17)14(16)19/h12H,2-11H2,1H3. The van der Waals surface area contributed by atoms with Crippen LogP contribution in [-0.2, 0) is 14.3 Å². The van der Waals surface area contributed by atoms with E-state index in [0.29, 0.717) is 6.54 Å². The molecule has 2 amide bonds. The van der Waals surface area contributed by atoms with Gasteiger partial charge < -0.3 is 14.5 Å². The van der Waals surface area contributed by atoms with Crippen LogP contribution in [-0.4, -0.2) is 60.5 Å². The average Bonchev–Trinajstić information content (AvgIpc) is 2.45. The topological polar surface area (TPSA) is 49.9 Å². The summed E-state index contributed by atoms with van der Waals surface area (Å²) < 4.78 is 5.41. The Labute approximate surface area is 120 Å². The third-order valence-electron chi connectivity index (χ3n) is 5.02. The molecule has 3 aliphatic heterocycles. The van der Waals surface area contributed by atoms with Crippen molar-refractivity contribution in [1.29, 1.82) is 0 Å². The van der Waals surface area contributed by atoms with Crippen LogP contribution in [0, 0.1) is 5.41 Å². The Morgan fingerprint density at radius 3 is 2.75 bits per heavy atom. The lowest BCUT2D eigenvalue weighted by molar-refractivity contribution is -0.159. The number of nitrogens with zero attached hydrogens (tertiary/aromatic N) is 2. The third-order valence-corrected chi connectivity index (χ3v) is 5.02. The molecule has 0 aromatic heterocycles. The molecule has 3 fully saturated rings. The molecular weight excluding hydrogens is 256 g/mol. The van der Waals surface area contributed by atoms with Crippen LogP contribution in [0.15, 0.2) is 0 Å². The molecule has 20 heavy (non-hydrogen) atoms. The fourth-order valence-electron chi connectivity index (χ4n) is 3.65. The number of fused-ring (bicyclic) bond motifs is 1. The fourth-order valence-corrected chi connectivity index (χ4v) is 3.65. The van der Waals surface area contributed by atoms with Crippen LogP contribution in [0.4, 0.5) is 0 Å². The van der Waals surface area contributed by atoms with Gasteiger partial charge in [0.25, 0.3) is 0 Å². The maximum absolute atomic E-state index is 12.6. The fraction of sp³-hybridized carbons (Fsp3) is 0.867. The zero-order valence-electron chi connectivity index (χ0n) is 12.3. The predicted octanol–water partition coefficient (Wildman–Crippen LogP) is 1.03. The van der Waals surface area contributed by atoms with Gasteiger partial charge in [-0.2, -0.15) is 0 Å². The quantitative estimate of drug-likeness (QED) is 0.759. The van der Waals surface area contributed by atoms with E-state index in [-0.39, 0.29) is 29.8 Å². The molecule has 3 heterocycles. The van der Waals surface area contributed by atoms with Gasteiger partial charge in [0, 0.05) is 26.3 Å². The highest BCUT2D eigenvalue weighted by atomic mass is 16.5. The number of piperazine rings is 1.